The number of rotatable bonds is 6. The Labute approximate surface area is 198 Å². The minimum atomic E-state index is -2.78. The van der Waals surface area contributed by atoms with Crippen LogP contribution in [-0.4, -0.2) is 19.8 Å². The number of nitrogens with zero attached hydrogens (tertiary/aromatic N) is 1. The van der Waals surface area contributed by atoms with Crippen LogP contribution in [0.2, 0.25) is 5.02 Å². The summed E-state index contributed by atoms with van der Waals surface area (Å²) in [6, 6.07) is 27.4. The molecule has 0 saturated carbocycles. The van der Waals surface area contributed by atoms with Gasteiger partial charge in [-0.3, -0.25) is 13.3 Å². The fraction of sp³-hybridized carbons (Fsp3) is 0. The van der Waals surface area contributed by atoms with Crippen molar-refractivity contribution in [2.45, 2.75) is 0 Å². The van der Waals surface area contributed by atoms with Crippen LogP contribution in [0.4, 0.5) is 17.1 Å². The Bertz CT molecular complexity index is 1310. The van der Waals surface area contributed by atoms with Gasteiger partial charge >= 0.3 is 0 Å². The number of aromatic hydroxyl groups is 1. The topological polar surface area (TPSA) is 92.7 Å². The number of hydrogen-bond donors (Lipinski definition) is 2. The molecule has 1 atom stereocenters. The van der Waals surface area contributed by atoms with E-state index < -0.39 is 11.3 Å². The van der Waals surface area contributed by atoms with E-state index in [0.29, 0.717) is 11.3 Å². The first-order valence-corrected chi connectivity index (χ1v) is 11.3. The molecule has 4 aromatic rings. The fourth-order valence-electron chi connectivity index (χ4n) is 3.32. The van der Waals surface area contributed by atoms with E-state index in [0.717, 1.165) is 15.4 Å². The van der Waals surface area contributed by atoms with Gasteiger partial charge in [-0.15, -0.1) is 0 Å². The Kier molecular flexibility index (Phi) is 6.74. The minimum Gasteiger partial charge on any atom is -0.755 e. The number of anilines is 3. The SMILES string of the molecule is O=C(Nc1ccc(O)c(N(c2ccccc2Cl)S(=O)[O-])c1)c1ccc(-c2ccccc2)cc1. The molecule has 1 unspecified atom stereocenters. The van der Waals surface area contributed by atoms with Crippen LogP contribution in [0.3, 0.4) is 0 Å². The van der Waals surface area contributed by atoms with Crippen molar-refractivity contribution in [3.05, 3.63) is 108 Å². The number of halogens is 1. The molecule has 6 nitrogen and oxygen atoms in total. The van der Waals surface area contributed by atoms with Gasteiger partial charge in [0.1, 0.15) is 5.75 Å². The average Bonchev–Trinajstić information content (AvgIpc) is 2.83. The van der Waals surface area contributed by atoms with Crippen LogP contribution in [0, 0.1) is 0 Å². The van der Waals surface area contributed by atoms with Crippen molar-refractivity contribution in [1.82, 2.24) is 0 Å². The normalized spacial score (nSPS) is 11.6. The first-order chi connectivity index (χ1) is 15.9. The molecule has 33 heavy (non-hydrogen) atoms. The van der Waals surface area contributed by atoms with Crippen LogP contribution in [0.1, 0.15) is 10.4 Å². The number of nitrogens with one attached hydrogen (secondary N) is 1. The Morgan fingerprint density at radius 2 is 1.48 bits per heavy atom. The lowest BCUT2D eigenvalue weighted by Crippen LogP contribution is -2.20. The maximum absolute atomic E-state index is 12.8. The second-order valence-electron chi connectivity index (χ2n) is 7.06. The van der Waals surface area contributed by atoms with Crippen LogP contribution in [-0.2, 0) is 11.3 Å². The molecule has 0 spiro atoms. The summed E-state index contributed by atoms with van der Waals surface area (Å²) in [6.45, 7) is 0. The van der Waals surface area contributed by atoms with E-state index in [2.05, 4.69) is 5.32 Å². The highest BCUT2D eigenvalue weighted by molar-refractivity contribution is 7.81. The molecular formula is C25H18ClN2O4S-. The zero-order chi connectivity index (χ0) is 23.4. The molecule has 0 bridgehead atoms. The van der Waals surface area contributed by atoms with Crippen LogP contribution in [0.25, 0.3) is 11.1 Å². The number of para-hydroxylation sites is 1. The van der Waals surface area contributed by atoms with E-state index in [-0.39, 0.29) is 28.1 Å². The maximum atomic E-state index is 12.8. The molecule has 0 aliphatic heterocycles. The summed E-state index contributed by atoms with van der Waals surface area (Å²) in [5, 5.41) is 13.2. The van der Waals surface area contributed by atoms with Crippen molar-refractivity contribution in [3.63, 3.8) is 0 Å². The van der Waals surface area contributed by atoms with Crippen LogP contribution in [0.15, 0.2) is 97.1 Å². The Balaban J connectivity index is 1.59. The standard InChI is InChI=1S/C25H19ClN2O4S/c26-21-8-4-5-9-22(21)28(33(31)32)23-16-20(14-15-24(23)29)27-25(30)19-12-10-18(11-13-19)17-6-2-1-3-7-17/h1-16,29H,(H,27,30)(H,31,32)/p-1. The van der Waals surface area contributed by atoms with Crippen molar-refractivity contribution in [1.29, 1.82) is 0 Å². The van der Waals surface area contributed by atoms with Crippen molar-refractivity contribution in [2.75, 3.05) is 9.62 Å². The van der Waals surface area contributed by atoms with Gasteiger partial charge in [0, 0.05) is 11.3 Å². The van der Waals surface area contributed by atoms with E-state index in [9.17, 15) is 18.7 Å². The van der Waals surface area contributed by atoms with Crippen LogP contribution in [0.5, 0.6) is 5.75 Å². The number of phenolic OH excluding ortho intramolecular Hbond substituents is 1. The van der Waals surface area contributed by atoms with E-state index in [1.54, 1.807) is 30.3 Å². The van der Waals surface area contributed by atoms with E-state index in [4.69, 9.17) is 11.6 Å². The molecule has 0 aliphatic carbocycles. The van der Waals surface area contributed by atoms with Crippen molar-refractivity contribution >= 4 is 45.8 Å². The smallest absolute Gasteiger partial charge is 0.255 e. The van der Waals surface area contributed by atoms with Crippen molar-refractivity contribution in [3.8, 4) is 16.9 Å². The van der Waals surface area contributed by atoms with Gasteiger partial charge in [-0.25, -0.2) is 0 Å². The van der Waals surface area contributed by atoms with Crippen LogP contribution >= 0.6 is 11.6 Å². The molecular weight excluding hydrogens is 460 g/mol. The van der Waals surface area contributed by atoms with Gasteiger partial charge in [-0.2, -0.15) is 0 Å². The number of phenols is 1. The average molecular weight is 478 g/mol. The lowest BCUT2D eigenvalue weighted by molar-refractivity contribution is 0.102. The molecule has 0 aromatic heterocycles. The highest BCUT2D eigenvalue weighted by atomic mass is 35.5. The van der Waals surface area contributed by atoms with Gasteiger partial charge in [0.15, 0.2) is 0 Å². The van der Waals surface area contributed by atoms with Gasteiger partial charge in [-0.1, -0.05) is 66.2 Å². The zero-order valence-electron chi connectivity index (χ0n) is 17.1. The molecule has 0 radical (unpaired) electrons. The molecule has 0 aliphatic rings. The molecule has 0 fully saturated rings. The quantitative estimate of drug-likeness (QED) is 0.267. The molecule has 1 amide bonds. The molecule has 2 N–H and O–H groups in total. The summed E-state index contributed by atoms with van der Waals surface area (Å²) in [6.07, 6.45) is 0. The monoisotopic (exact) mass is 477 g/mol. The summed E-state index contributed by atoms with van der Waals surface area (Å²) < 4.78 is 24.8. The number of amides is 1. The predicted octanol–water partition coefficient (Wildman–Crippen LogP) is 5.90. The number of carbonyl (C=O) groups is 1. The molecule has 4 aromatic carbocycles. The Hall–Kier alpha value is -3.65. The lowest BCUT2D eigenvalue weighted by Gasteiger charge is -2.28. The first-order valence-electron chi connectivity index (χ1n) is 9.88. The summed E-state index contributed by atoms with van der Waals surface area (Å²) in [5.74, 6) is -0.664. The first kappa shape index (κ1) is 22.5. The van der Waals surface area contributed by atoms with E-state index in [1.165, 1.54) is 24.3 Å². The zero-order valence-corrected chi connectivity index (χ0v) is 18.7. The van der Waals surface area contributed by atoms with Gasteiger partial charge in [-0.05, 0) is 53.6 Å². The summed E-state index contributed by atoms with van der Waals surface area (Å²) in [7, 11) is 0. The van der Waals surface area contributed by atoms with Crippen LogP contribution < -0.4 is 9.62 Å². The molecule has 4 rings (SSSR count). The molecule has 8 heteroatoms. The fourth-order valence-corrected chi connectivity index (χ4v) is 4.22. The van der Waals surface area contributed by atoms with Gasteiger partial charge in [0.25, 0.3) is 5.91 Å². The maximum Gasteiger partial charge on any atom is 0.255 e. The molecule has 0 heterocycles. The largest absolute Gasteiger partial charge is 0.755 e. The second kappa shape index (κ2) is 9.87. The van der Waals surface area contributed by atoms with E-state index in [1.807, 2.05) is 42.5 Å². The number of hydrogen-bond acceptors (Lipinski definition) is 4. The van der Waals surface area contributed by atoms with Crippen molar-refractivity contribution < 1.29 is 18.7 Å². The van der Waals surface area contributed by atoms with E-state index >= 15 is 0 Å². The van der Waals surface area contributed by atoms with Crippen molar-refractivity contribution in [2.24, 2.45) is 0 Å². The number of benzene rings is 4. The van der Waals surface area contributed by atoms with Gasteiger partial charge < -0.3 is 15.0 Å². The lowest BCUT2D eigenvalue weighted by atomic mass is 10.0. The number of carbonyl (C=O) groups excluding carboxylic acids is 1. The predicted molar refractivity (Wildman–Crippen MR) is 130 cm³/mol. The van der Waals surface area contributed by atoms with Gasteiger partial charge in [0.05, 0.1) is 27.7 Å². The third kappa shape index (κ3) is 5.06. The summed E-state index contributed by atoms with van der Waals surface area (Å²) in [5.41, 5.74) is 2.88. The Morgan fingerprint density at radius 3 is 2.15 bits per heavy atom. The third-order valence-electron chi connectivity index (χ3n) is 4.93. The second-order valence-corrected chi connectivity index (χ2v) is 8.27. The molecule has 166 valence electrons. The highest BCUT2D eigenvalue weighted by Gasteiger charge is 2.18. The van der Waals surface area contributed by atoms with Gasteiger partial charge in [0.2, 0.25) is 0 Å². The summed E-state index contributed by atoms with van der Waals surface area (Å²) in [4.78, 5) is 12.8. The molecule has 0 saturated heterocycles. The minimum absolute atomic E-state index is 0.0475. The third-order valence-corrected chi connectivity index (χ3v) is 5.94. The summed E-state index contributed by atoms with van der Waals surface area (Å²) >= 11 is 3.38. The highest BCUT2D eigenvalue weighted by Crippen LogP contribution is 2.39. The Morgan fingerprint density at radius 1 is 0.848 bits per heavy atom.